The van der Waals surface area contributed by atoms with E-state index in [1.807, 2.05) is 23.2 Å². The predicted molar refractivity (Wildman–Crippen MR) is 149 cm³/mol. The monoisotopic (exact) mass is 510 g/mol. The number of hydrogen-bond donors (Lipinski definition) is 2. The van der Waals surface area contributed by atoms with E-state index in [0.29, 0.717) is 12.3 Å². The smallest absolute Gasteiger partial charge is 0.245 e. The van der Waals surface area contributed by atoms with Crippen LogP contribution in [0.25, 0.3) is 10.9 Å². The minimum absolute atomic E-state index is 0.00427. The van der Waals surface area contributed by atoms with E-state index in [9.17, 15) is 9.59 Å². The van der Waals surface area contributed by atoms with Crippen LogP contribution in [0.2, 0.25) is 0 Å². The lowest BCUT2D eigenvalue weighted by atomic mass is 9.73. The molecular weight excluding hydrogens is 472 g/mol. The number of hydrogen-bond acceptors (Lipinski definition) is 3. The molecule has 2 N–H and O–H groups in total. The highest BCUT2D eigenvalue weighted by Gasteiger charge is 2.43. The second-order valence-electron chi connectivity index (χ2n) is 12.1. The van der Waals surface area contributed by atoms with Crippen LogP contribution in [-0.4, -0.2) is 65.4 Å². The fourth-order valence-electron chi connectivity index (χ4n) is 7.92. The van der Waals surface area contributed by atoms with Gasteiger partial charge in [0.2, 0.25) is 11.8 Å². The quantitative estimate of drug-likeness (QED) is 0.544. The van der Waals surface area contributed by atoms with Gasteiger partial charge in [-0.2, -0.15) is 0 Å². The molecule has 1 aliphatic carbocycles. The Morgan fingerprint density at radius 3 is 2.53 bits per heavy atom. The molecular formula is C32H38N4O2. The third kappa shape index (κ3) is 4.14. The molecule has 2 bridgehead atoms. The number of H-pyrrole nitrogens is 1. The van der Waals surface area contributed by atoms with E-state index in [4.69, 9.17) is 0 Å². The number of aromatic amines is 1. The highest BCUT2D eigenvalue weighted by molar-refractivity contribution is 5.90. The van der Waals surface area contributed by atoms with Gasteiger partial charge in [0.15, 0.2) is 0 Å². The van der Waals surface area contributed by atoms with Crippen molar-refractivity contribution in [3.8, 4) is 0 Å². The molecule has 4 saturated heterocycles. The summed E-state index contributed by atoms with van der Waals surface area (Å²) in [4.78, 5) is 35.5. The van der Waals surface area contributed by atoms with E-state index in [1.54, 1.807) is 0 Å². The van der Waals surface area contributed by atoms with Crippen LogP contribution in [0.15, 0.2) is 54.7 Å². The SMILES string of the molecule is O=C(N[C@H](Cc1c[nH]c2ccccc12)C(=O)N1CCC2(CCc3ccccc32)CC1)C1CN2CCC1CC2. The molecule has 5 aliphatic rings. The molecule has 0 saturated carbocycles. The van der Waals surface area contributed by atoms with Gasteiger partial charge in [-0.05, 0) is 85.7 Å². The van der Waals surface area contributed by atoms with Crippen molar-refractivity contribution in [2.45, 2.75) is 56.4 Å². The predicted octanol–water partition coefficient (Wildman–Crippen LogP) is 4.04. The summed E-state index contributed by atoms with van der Waals surface area (Å²) < 4.78 is 0. The molecule has 2 atom stereocenters. The molecule has 198 valence electrons. The Kier molecular flexibility index (Phi) is 6.03. The first kappa shape index (κ1) is 24.0. The van der Waals surface area contributed by atoms with E-state index in [-0.39, 0.29) is 23.1 Å². The van der Waals surface area contributed by atoms with Crippen LogP contribution < -0.4 is 5.32 Å². The van der Waals surface area contributed by atoms with Gasteiger partial charge in [0.05, 0.1) is 5.92 Å². The highest BCUT2D eigenvalue weighted by Crippen LogP contribution is 2.46. The summed E-state index contributed by atoms with van der Waals surface area (Å²) in [5, 5.41) is 4.40. The van der Waals surface area contributed by atoms with Crippen molar-refractivity contribution < 1.29 is 9.59 Å². The number of aryl methyl sites for hydroxylation is 1. The van der Waals surface area contributed by atoms with E-state index < -0.39 is 6.04 Å². The Labute approximate surface area is 224 Å². The van der Waals surface area contributed by atoms with Crippen molar-refractivity contribution in [2.75, 3.05) is 32.7 Å². The Balaban J connectivity index is 1.11. The van der Waals surface area contributed by atoms with Crippen LogP contribution >= 0.6 is 0 Å². The standard InChI is InChI=1S/C32H38N4O2/c37-30(26-21-35-15-10-22(26)11-16-35)34-29(19-24-20-33-28-8-4-2-6-25(24)28)31(38)36-17-13-32(14-18-36)12-9-23-5-1-3-7-27(23)32/h1-8,20,22,26,29,33H,9-19,21H2,(H,34,37)/t26?,29-/m1/s1. The maximum Gasteiger partial charge on any atom is 0.245 e. The zero-order valence-corrected chi connectivity index (χ0v) is 22.1. The van der Waals surface area contributed by atoms with Crippen LogP contribution in [0, 0.1) is 11.8 Å². The molecule has 4 fully saturated rings. The topological polar surface area (TPSA) is 68.4 Å². The van der Waals surface area contributed by atoms with E-state index in [1.165, 1.54) is 17.5 Å². The zero-order valence-electron chi connectivity index (χ0n) is 22.1. The number of rotatable bonds is 5. The Bertz CT molecular complexity index is 1350. The lowest BCUT2D eigenvalue weighted by Crippen LogP contribution is -2.57. The minimum Gasteiger partial charge on any atom is -0.361 e. The van der Waals surface area contributed by atoms with Crippen molar-refractivity contribution in [1.82, 2.24) is 20.1 Å². The summed E-state index contributed by atoms with van der Waals surface area (Å²) in [5.74, 6) is 0.582. The summed E-state index contributed by atoms with van der Waals surface area (Å²) in [6.45, 7) is 4.55. The Hall–Kier alpha value is -3.12. The molecule has 8 rings (SSSR count). The molecule has 6 nitrogen and oxygen atoms in total. The first-order chi connectivity index (χ1) is 18.6. The van der Waals surface area contributed by atoms with Crippen LogP contribution in [0.4, 0.5) is 0 Å². The van der Waals surface area contributed by atoms with Gasteiger partial charge in [-0.1, -0.05) is 42.5 Å². The number of amides is 2. The largest absolute Gasteiger partial charge is 0.361 e. The molecule has 3 aromatic rings. The van der Waals surface area contributed by atoms with Crippen molar-refractivity contribution >= 4 is 22.7 Å². The second kappa shape index (κ2) is 9.57. The van der Waals surface area contributed by atoms with E-state index >= 15 is 0 Å². The molecule has 0 radical (unpaired) electrons. The summed E-state index contributed by atoms with van der Waals surface area (Å²) in [7, 11) is 0. The van der Waals surface area contributed by atoms with E-state index in [0.717, 1.165) is 81.3 Å². The molecule has 5 heterocycles. The normalized spacial score (nSPS) is 26.4. The molecule has 1 aromatic heterocycles. The summed E-state index contributed by atoms with van der Waals surface area (Å²) in [6.07, 6.45) is 9.04. The molecule has 4 aliphatic heterocycles. The average molecular weight is 511 g/mol. The van der Waals surface area contributed by atoms with Crippen molar-refractivity contribution in [1.29, 1.82) is 0 Å². The van der Waals surface area contributed by atoms with Gasteiger partial charge in [-0.15, -0.1) is 0 Å². The fraction of sp³-hybridized carbons (Fsp3) is 0.500. The number of piperidine rings is 4. The number of para-hydroxylation sites is 1. The zero-order chi connectivity index (χ0) is 25.7. The molecule has 1 unspecified atom stereocenters. The van der Waals surface area contributed by atoms with Gasteiger partial charge < -0.3 is 20.1 Å². The summed E-state index contributed by atoms with van der Waals surface area (Å²) in [5.41, 5.74) is 5.34. The fourth-order valence-corrected chi connectivity index (χ4v) is 7.92. The molecule has 38 heavy (non-hydrogen) atoms. The molecule has 2 amide bonds. The number of benzene rings is 2. The Morgan fingerprint density at radius 2 is 1.74 bits per heavy atom. The number of carbonyl (C=O) groups is 2. The number of nitrogens with zero attached hydrogens (tertiary/aromatic N) is 2. The van der Waals surface area contributed by atoms with Gasteiger partial charge in [0.1, 0.15) is 6.04 Å². The lowest BCUT2D eigenvalue weighted by Gasteiger charge is -2.44. The number of likely N-dealkylation sites (tertiary alicyclic amines) is 1. The van der Waals surface area contributed by atoms with Crippen LogP contribution in [-0.2, 0) is 27.8 Å². The average Bonchev–Trinajstić information content (AvgIpc) is 3.55. The maximum atomic E-state index is 14.1. The van der Waals surface area contributed by atoms with Gasteiger partial charge >= 0.3 is 0 Å². The molecule has 1 spiro atoms. The van der Waals surface area contributed by atoms with Gasteiger partial charge in [-0.25, -0.2) is 0 Å². The van der Waals surface area contributed by atoms with Crippen LogP contribution in [0.3, 0.4) is 0 Å². The van der Waals surface area contributed by atoms with Crippen LogP contribution in [0.5, 0.6) is 0 Å². The van der Waals surface area contributed by atoms with Crippen molar-refractivity contribution in [3.05, 3.63) is 71.4 Å². The van der Waals surface area contributed by atoms with Gasteiger partial charge in [-0.3, -0.25) is 9.59 Å². The minimum atomic E-state index is -0.540. The highest BCUT2D eigenvalue weighted by atomic mass is 16.2. The van der Waals surface area contributed by atoms with Crippen molar-refractivity contribution in [3.63, 3.8) is 0 Å². The third-order valence-electron chi connectivity index (χ3n) is 10.2. The van der Waals surface area contributed by atoms with Gasteiger partial charge in [0.25, 0.3) is 0 Å². The molecule has 6 heteroatoms. The first-order valence-corrected chi connectivity index (χ1v) is 14.5. The first-order valence-electron chi connectivity index (χ1n) is 14.5. The second-order valence-corrected chi connectivity index (χ2v) is 12.1. The third-order valence-corrected chi connectivity index (χ3v) is 10.2. The summed E-state index contributed by atoms with van der Waals surface area (Å²) in [6, 6.07) is 16.5. The van der Waals surface area contributed by atoms with E-state index in [2.05, 4.69) is 51.6 Å². The van der Waals surface area contributed by atoms with Crippen LogP contribution in [0.1, 0.15) is 48.8 Å². The maximum absolute atomic E-state index is 14.1. The summed E-state index contributed by atoms with van der Waals surface area (Å²) >= 11 is 0. The molecule has 2 aromatic carbocycles. The number of nitrogens with one attached hydrogen (secondary N) is 2. The Morgan fingerprint density at radius 1 is 0.974 bits per heavy atom. The van der Waals surface area contributed by atoms with Crippen molar-refractivity contribution in [2.24, 2.45) is 11.8 Å². The number of carbonyl (C=O) groups excluding carboxylic acids is 2. The van der Waals surface area contributed by atoms with Gasteiger partial charge in [0, 0.05) is 43.2 Å². The lowest BCUT2D eigenvalue weighted by molar-refractivity contribution is -0.140. The number of fused-ring (bicyclic) bond motifs is 6. The number of aromatic nitrogens is 1.